The van der Waals surface area contributed by atoms with Gasteiger partial charge >= 0.3 is 0 Å². The van der Waals surface area contributed by atoms with Gasteiger partial charge in [-0.3, -0.25) is 0 Å². The molecule has 1 aliphatic carbocycles. The third-order valence-corrected chi connectivity index (χ3v) is 3.64. The number of aliphatic carboxylic acids is 1. The molecule has 0 unspecified atom stereocenters. The van der Waals surface area contributed by atoms with Crippen LogP contribution in [0.25, 0.3) is 0 Å². The average molecular weight is 225 g/mol. The van der Waals surface area contributed by atoms with E-state index in [0.717, 1.165) is 17.3 Å². The van der Waals surface area contributed by atoms with E-state index in [1.807, 2.05) is 6.08 Å². The lowest BCUT2D eigenvalue weighted by Gasteiger charge is -2.38. The van der Waals surface area contributed by atoms with Gasteiger partial charge in [-0.05, 0) is 44.1 Å². The summed E-state index contributed by atoms with van der Waals surface area (Å²) in [5, 5.41) is 10.6. The largest absolute Gasteiger partial charge is 0.545 e. The molecule has 0 aliphatic heterocycles. The van der Waals surface area contributed by atoms with Crippen molar-refractivity contribution in [1.29, 1.82) is 0 Å². The van der Waals surface area contributed by atoms with Crippen molar-refractivity contribution in [3.63, 3.8) is 0 Å². The van der Waals surface area contributed by atoms with Gasteiger partial charge in [0.05, 0.1) is 33.2 Å². The predicted octanol–water partition coefficient (Wildman–Crippen LogP) is 0.948. The van der Waals surface area contributed by atoms with E-state index >= 15 is 0 Å². The molecule has 0 spiro atoms. The summed E-state index contributed by atoms with van der Waals surface area (Å²) in [6.07, 6.45) is 6.45. The molecular formula is C13H23NO2. The maximum atomic E-state index is 10.6. The van der Waals surface area contributed by atoms with E-state index in [-0.39, 0.29) is 0 Å². The Morgan fingerprint density at radius 2 is 1.69 bits per heavy atom. The molecule has 0 atom stereocenters. The van der Waals surface area contributed by atoms with E-state index in [1.54, 1.807) is 6.92 Å². The highest BCUT2D eigenvalue weighted by Crippen LogP contribution is 2.30. The van der Waals surface area contributed by atoms with Crippen molar-refractivity contribution in [3.8, 4) is 0 Å². The summed E-state index contributed by atoms with van der Waals surface area (Å²) in [4.78, 5) is 10.6. The van der Waals surface area contributed by atoms with Crippen LogP contribution >= 0.6 is 0 Å². The molecule has 0 bridgehead atoms. The summed E-state index contributed by atoms with van der Waals surface area (Å²) >= 11 is 0. The van der Waals surface area contributed by atoms with Crippen LogP contribution in [0.3, 0.4) is 0 Å². The summed E-state index contributed by atoms with van der Waals surface area (Å²) in [6, 6.07) is 0.716. The quantitative estimate of drug-likeness (QED) is 0.530. The Labute approximate surface area is 98.3 Å². The van der Waals surface area contributed by atoms with Gasteiger partial charge < -0.3 is 14.4 Å². The zero-order valence-electron chi connectivity index (χ0n) is 10.8. The van der Waals surface area contributed by atoms with Crippen LogP contribution in [0.2, 0.25) is 0 Å². The Morgan fingerprint density at radius 1 is 1.19 bits per heavy atom. The zero-order valence-corrected chi connectivity index (χ0v) is 10.8. The van der Waals surface area contributed by atoms with Gasteiger partial charge in [0.15, 0.2) is 0 Å². The molecule has 0 heterocycles. The third-order valence-electron chi connectivity index (χ3n) is 3.64. The van der Waals surface area contributed by atoms with E-state index in [9.17, 15) is 9.90 Å². The monoisotopic (exact) mass is 225 g/mol. The molecule has 0 radical (unpaired) electrons. The van der Waals surface area contributed by atoms with Gasteiger partial charge in [0.2, 0.25) is 0 Å². The van der Waals surface area contributed by atoms with E-state index in [4.69, 9.17) is 0 Å². The molecular weight excluding hydrogens is 202 g/mol. The van der Waals surface area contributed by atoms with Crippen molar-refractivity contribution in [2.45, 2.75) is 38.6 Å². The van der Waals surface area contributed by atoms with Gasteiger partial charge in [0.1, 0.15) is 0 Å². The third kappa shape index (κ3) is 3.63. The minimum absolute atomic E-state index is 0.383. The number of hydrogen-bond acceptors (Lipinski definition) is 2. The van der Waals surface area contributed by atoms with Crippen molar-refractivity contribution in [2.24, 2.45) is 5.92 Å². The second kappa shape index (κ2) is 5.00. The van der Waals surface area contributed by atoms with E-state index in [1.165, 1.54) is 12.8 Å². The molecule has 0 aromatic heterocycles. The lowest BCUT2D eigenvalue weighted by atomic mass is 9.84. The van der Waals surface area contributed by atoms with Crippen LogP contribution in [0.15, 0.2) is 11.6 Å². The van der Waals surface area contributed by atoms with Crippen LogP contribution in [0, 0.1) is 5.92 Å². The number of rotatable bonds is 3. The van der Waals surface area contributed by atoms with Crippen LogP contribution in [0.4, 0.5) is 0 Å². The van der Waals surface area contributed by atoms with E-state index in [2.05, 4.69) is 21.1 Å². The number of allylic oxidation sites excluding steroid dienone is 1. The number of carboxylic acid groups (broad SMARTS) is 1. The minimum Gasteiger partial charge on any atom is -0.545 e. The molecule has 0 saturated heterocycles. The molecule has 0 aromatic rings. The maximum Gasteiger partial charge on any atom is 0.0884 e. The van der Waals surface area contributed by atoms with Gasteiger partial charge in [-0.2, -0.15) is 0 Å². The second-order valence-electron chi connectivity index (χ2n) is 5.82. The summed E-state index contributed by atoms with van der Waals surface area (Å²) in [5.74, 6) is -0.602. The van der Waals surface area contributed by atoms with Gasteiger partial charge in [-0.1, -0.05) is 6.08 Å². The van der Waals surface area contributed by atoms with Gasteiger partial charge in [0, 0.05) is 0 Å². The first-order chi connectivity index (χ1) is 7.30. The molecule has 1 fully saturated rings. The number of carbonyl (C=O) groups is 1. The highest BCUT2D eigenvalue weighted by molar-refractivity contribution is 5.83. The second-order valence-corrected chi connectivity index (χ2v) is 5.82. The molecule has 0 N–H and O–H groups in total. The standard InChI is InChI=1S/C13H23NO2/c1-10(13(15)16)9-11-5-7-12(8-6-11)14(2,3)4/h9,11-12H,5-8H2,1-4H3/b10-9+. The molecule has 1 saturated carbocycles. The highest BCUT2D eigenvalue weighted by Gasteiger charge is 2.28. The normalized spacial score (nSPS) is 27.9. The Hall–Kier alpha value is -0.830. The van der Waals surface area contributed by atoms with Crippen LogP contribution in [-0.2, 0) is 4.79 Å². The van der Waals surface area contributed by atoms with Crippen molar-refractivity contribution in [2.75, 3.05) is 21.1 Å². The lowest BCUT2D eigenvalue weighted by Crippen LogP contribution is -2.46. The molecule has 3 heteroatoms. The summed E-state index contributed by atoms with van der Waals surface area (Å²) in [5.41, 5.74) is 0.383. The minimum atomic E-state index is -1.03. The zero-order chi connectivity index (χ0) is 12.3. The molecule has 1 aliphatic rings. The van der Waals surface area contributed by atoms with Crippen molar-refractivity contribution >= 4 is 5.97 Å². The molecule has 16 heavy (non-hydrogen) atoms. The fourth-order valence-corrected chi connectivity index (χ4v) is 2.46. The number of hydrogen-bond donors (Lipinski definition) is 0. The Balaban J connectivity index is 2.50. The molecule has 92 valence electrons. The van der Waals surface area contributed by atoms with E-state index < -0.39 is 5.97 Å². The maximum absolute atomic E-state index is 10.6. The van der Waals surface area contributed by atoms with Crippen molar-refractivity contribution < 1.29 is 14.4 Å². The summed E-state index contributed by atoms with van der Waals surface area (Å²) < 4.78 is 1.01. The van der Waals surface area contributed by atoms with Gasteiger partial charge in [-0.15, -0.1) is 0 Å². The van der Waals surface area contributed by atoms with Crippen molar-refractivity contribution in [1.82, 2.24) is 0 Å². The first-order valence-electron chi connectivity index (χ1n) is 6.01. The average Bonchev–Trinajstić information content (AvgIpc) is 2.17. The number of carbonyl (C=O) groups excluding carboxylic acids is 1. The van der Waals surface area contributed by atoms with E-state index in [0.29, 0.717) is 17.5 Å². The highest BCUT2D eigenvalue weighted by atomic mass is 16.4. The van der Waals surface area contributed by atoms with Crippen LogP contribution in [0.5, 0.6) is 0 Å². The van der Waals surface area contributed by atoms with Crippen LogP contribution in [0.1, 0.15) is 32.6 Å². The fraction of sp³-hybridized carbons (Fsp3) is 0.769. The Morgan fingerprint density at radius 3 is 2.06 bits per heavy atom. The lowest BCUT2D eigenvalue weighted by molar-refractivity contribution is -0.897. The predicted molar refractivity (Wildman–Crippen MR) is 62.5 cm³/mol. The summed E-state index contributed by atoms with van der Waals surface area (Å²) in [6.45, 7) is 1.63. The van der Waals surface area contributed by atoms with Gasteiger partial charge in [-0.25, -0.2) is 0 Å². The fourth-order valence-electron chi connectivity index (χ4n) is 2.46. The number of quaternary nitrogens is 1. The number of nitrogens with zero attached hydrogens (tertiary/aromatic N) is 1. The first kappa shape index (κ1) is 13.2. The SMILES string of the molecule is C/C(=C\C1CCC([N+](C)(C)C)CC1)C(=O)[O-]. The smallest absolute Gasteiger partial charge is 0.0884 e. The topological polar surface area (TPSA) is 40.1 Å². The number of carboxylic acids is 1. The molecule has 0 aromatic carbocycles. The van der Waals surface area contributed by atoms with Crippen molar-refractivity contribution in [3.05, 3.63) is 11.6 Å². The van der Waals surface area contributed by atoms with Crippen LogP contribution in [-0.4, -0.2) is 37.6 Å². The molecule has 3 nitrogen and oxygen atoms in total. The Kier molecular flexibility index (Phi) is 4.14. The first-order valence-corrected chi connectivity index (χ1v) is 6.01. The van der Waals surface area contributed by atoms with Crippen LogP contribution < -0.4 is 5.11 Å². The van der Waals surface area contributed by atoms with Gasteiger partial charge in [0.25, 0.3) is 0 Å². The Bertz CT molecular complexity index is 281. The summed E-state index contributed by atoms with van der Waals surface area (Å²) in [7, 11) is 6.69. The molecule has 1 rings (SSSR count). The molecule has 0 amide bonds.